The molecule has 0 saturated carbocycles. The standard InChI is InChI=1S/C23H25ClN4O3S/c1-3-4-5-8-11-32-23-26-22-19(27-28-23)15-9-6-7-10-17(15)25-21(31-22)14-12-16(24)20(29)18(13-14)30-2/h6-7,9-10,12-13,21,25,29H,3-5,8,11H2,1-2H3. The van der Waals surface area contributed by atoms with Crippen molar-refractivity contribution in [2.24, 2.45) is 0 Å². The summed E-state index contributed by atoms with van der Waals surface area (Å²) >= 11 is 7.80. The van der Waals surface area contributed by atoms with Crippen LogP contribution in [-0.4, -0.2) is 33.2 Å². The van der Waals surface area contributed by atoms with Crippen LogP contribution in [-0.2, 0) is 0 Å². The molecule has 0 bridgehead atoms. The van der Waals surface area contributed by atoms with E-state index in [1.165, 1.54) is 26.4 Å². The first-order chi connectivity index (χ1) is 15.6. The fraction of sp³-hybridized carbons (Fsp3) is 0.348. The fourth-order valence-electron chi connectivity index (χ4n) is 3.45. The van der Waals surface area contributed by atoms with E-state index < -0.39 is 6.23 Å². The molecule has 9 heteroatoms. The maximum Gasteiger partial charge on any atom is 0.247 e. The maximum atomic E-state index is 10.1. The Hall–Kier alpha value is -2.71. The Kier molecular flexibility index (Phi) is 7.22. The molecule has 168 valence electrons. The number of nitrogens with zero attached hydrogens (tertiary/aromatic N) is 3. The van der Waals surface area contributed by atoms with Gasteiger partial charge in [-0.05, 0) is 24.6 Å². The van der Waals surface area contributed by atoms with Crippen LogP contribution in [0.15, 0.2) is 41.6 Å². The highest BCUT2D eigenvalue weighted by Gasteiger charge is 2.27. The lowest BCUT2D eigenvalue weighted by Gasteiger charge is -2.20. The van der Waals surface area contributed by atoms with E-state index in [4.69, 9.17) is 21.1 Å². The zero-order valence-electron chi connectivity index (χ0n) is 18.0. The number of nitrogens with one attached hydrogen (secondary N) is 1. The number of fused-ring (bicyclic) bond motifs is 3. The van der Waals surface area contributed by atoms with Gasteiger partial charge in [0.25, 0.3) is 0 Å². The molecular formula is C23H25ClN4O3S. The number of rotatable bonds is 8. The van der Waals surface area contributed by atoms with Crippen LogP contribution in [0.1, 0.15) is 44.4 Å². The van der Waals surface area contributed by atoms with Gasteiger partial charge in [0.05, 0.1) is 12.1 Å². The smallest absolute Gasteiger partial charge is 0.247 e. The zero-order valence-corrected chi connectivity index (χ0v) is 19.5. The summed E-state index contributed by atoms with van der Waals surface area (Å²) in [7, 11) is 1.47. The molecule has 0 radical (unpaired) electrons. The number of anilines is 1. The number of phenolic OH excluding ortho intramolecular Hbond substituents is 1. The van der Waals surface area contributed by atoms with E-state index in [1.807, 2.05) is 24.3 Å². The van der Waals surface area contributed by atoms with Gasteiger partial charge in [-0.2, -0.15) is 4.98 Å². The lowest BCUT2D eigenvalue weighted by atomic mass is 10.1. The Morgan fingerprint density at radius 1 is 1.19 bits per heavy atom. The first kappa shape index (κ1) is 22.5. The molecule has 32 heavy (non-hydrogen) atoms. The molecule has 0 spiro atoms. The van der Waals surface area contributed by atoms with Crippen molar-refractivity contribution >= 4 is 29.1 Å². The zero-order chi connectivity index (χ0) is 22.5. The van der Waals surface area contributed by atoms with Crippen LogP contribution in [0.2, 0.25) is 5.02 Å². The van der Waals surface area contributed by atoms with Crippen molar-refractivity contribution in [3.63, 3.8) is 0 Å². The van der Waals surface area contributed by atoms with E-state index in [0.29, 0.717) is 22.3 Å². The number of ether oxygens (including phenoxy) is 2. The summed E-state index contributed by atoms with van der Waals surface area (Å²) in [5.74, 6) is 1.48. The number of halogens is 1. The number of aromatic hydroxyl groups is 1. The van der Waals surface area contributed by atoms with Crippen molar-refractivity contribution in [1.82, 2.24) is 15.2 Å². The number of methoxy groups -OCH3 is 1. The minimum Gasteiger partial charge on any atom is -0.503 e. The topological polar surface area (TPSA) is 89.4 Å². The number of benzene rings is 2. The molecule has 0 saturated heterocycles. The molecular weight excluding hydrogens is 448 g/mol. The number of para-hydroxylation sites is 1. The number of hydrogen-bond acceptors (Lipinski definition) is 8. The van der Waals surface area contributed by atoms with E-state index in [0.717, 1.165) is 23.4 Å². The maximum absolute atomic E-state index is 10.1. The van der Waals surface area contributed by atoms with Crippen molar-refractivity contribution < 1.29 is 14.6 Å². The second kappa shape index (κ2) is 10.3. The SMILES string of the molecule is CCCCCCSc1nnc2c(n1)OC(c1cc(Cl)c(O)c(OC)c1)Nc1ccccc1-2. The third kappa shape index (κ3) is 4.86. The lowest BCUT2D eigenvalue weighted by Crippen LogP contribution is -2.17. The summed E-state index contributed by atoms with van der Waals surface area (Å²) in [5.41, 5.74) is 2.93. The summed E-state index contributed by atoms with van der Waals surface area (Å²) in [4.78, 5) is 4.66. The molecule has 7 nitrogen and oxygen atoms in total. The van der Waals surface area contributed by atoms with Crippen molar-refractivity contribution in [3.05, 3.63) is 47.0 Å². The highest BCUT2D eigenvalue weighted by molar-refractivity contribution is 7.99. The third-order valence-corrected chi connectivity index (χ3v) is 6.35. The third-order valence-electron chi connectivity index (χ3n) is 5.14. The first-order valence-electron chi connectivity index (χ1n) is 10.6. The molecule has 1 unspecified atom stereocenters. The van der Waals surface area contributed by atoms with Crippen molar-refractivity contribution in [2.45, 2.75) is 44.0 Å². The molecule has 4 rings (SSSR count). The van der Waals surface area contributed by atoms with Gasteiger partial charge < -0.3 is 19.9 Å². The van der Waals surface area contributed by atoms with Crippen LogP contribution in [0.25, 0.3) is 11.3 Å². The molecule has 2 aromatic carbocycles. The predicted octanol–water partition coefficient (Wildman–Crippen LogP) is 6.08. The lowest BCUT2D eigenvalue weighted by molar-refractivity contribution is 0.224. The second-order valence-electron chi connectivity index (χ2n) is 7.40. The number of thioether (sulfide) groups is 1. The summed E-state index contributed by atoms with van der Waals surface area (Å²) in [5, 5.41) is 23.0. The molecule has 0 fully saturated rings. The molecule has 2 heterocycles. The van der Waals surface area contributed by atoms with E-state index >= 15 is 0 Å². The molecule has 2 N–H and O–H groups in total. The average Bonchev–Trinajstić information content (AvgIpc) is 2.97. The van der Waals surface area contributed by atoms with Gasteiger partial charge in [-0.3, -0.25) is 0 Å². The van der Waals surface area contributed by atoms with Gasteiger partial charge in [0.2, 0.25) is 11.0 Å². The molecule has 0 aliphatic carbocycles. The molecule has 1 atom stereocenters. The number of unbranched alkanes of at least 4 members (excludes halogenated alkanes) is 3. The van der Waals surface area contributed by atoms with Gasteiger partial charge in [0.1, 0.15) is 0 Å². The van der Waals surface area contributed by atoms with Crippen molar-refractivity contribution in [2.75, 3.05) is 18.2 Å². The van der Waals surface area contributed by atoms with Crippen LogP contribution in [0, 0.1) is 0 Å². The quantitative estimate of drug-likeness (QED) is 0.301. The number of phenols is 1. The van der Waals surface area contributed by atoms with E-state index in [-0.39, 0.29) is 16.5 Å². The Balaban J connectivity index is 1.67. The van der Waals surface area contributed by atoms with Crippen LogP contribution < -0.4 is 14.8 Å². The number of aromatic nitrogens is 3. The average molecular weight is 473 g/mol. The van der Waals surface area contributed by atoms with Crippen molar-refractivity contribution in [1.29, 1.82) is 0 Å². The van der Waals surface area contributed by atoms with Crippen LogP contribution in [0.5, 0.6) is 17.4 Å². The van der Waals surface area contributed by atoms with Crippen LogP contribution >= 0.6 is 23.4 Å². The second-order valence-corrected chi connectivity index (χ2v) is 8.87. The minimum absolute atomic E-state index is 0.113. The monoisotopic (exact) mass is 472 g/mol. The van der Waals surface area contributed by atoms with E-state index in [9.17, 15) is 5.11 Å². The van der Waals surface area contributed by atoms with Gasteiger partial charge in [-0.15, -0.1) is 10.2 Å². The predicted molar refractivity (Wildman–Crippen MR) is 127 cm³/mol. The Labute approximate surface area is 196 Å². The molecule has 1 aliphatic heterocycles. The molecule has 3 aromatic rings. The van der Waals surface area contributed by atoms with Crippen LogP contribution in [0.3, 0.4) is 0 Å². The largest absolute Gasteiger partial charge is 0.503 e. The van der Waals surface area contributed by atoms with Gasteiger partial charge in [0.15, 0.2) is 23.4 Å². The van der Waals surface area contributed by atoms with Gasteiger partial charge >= 0.3 is 0 Å². The summed E-state index contributed by atoms with van der Waals surface area (Å²) in [6.45, 7) is 2.20. The fourth-order valence-corrected chi connectivity index (χ4v) is 4.45. The Morgan fingerprint density at radius 3 is 2.84 bits per heavy atom. The Morgan fingerprint density at radius 2 is 2.03 bits per heavy atom. The summed E-state index contributed by atoms with van der Waals surface area (Å²) in [6, 6.07) is 11.1. The highest BCUT2D eigenvalue weighted by atomic mass is 35.5. The van der Waals surface area contributed by atoms with E-state index in [2.05, 4.69) is 27.4 Å². The van der Waals surface area contributed by atoms with Crippen molar-refractivity contribution in [3.8, 4) is 28.6 Å². The molecule has 0 amide bonds. The number of hydrogen-bond donors (Lipinski definition) is 2. The molecule has 1 aromatic heterocycles. The minimum atomic E-state index is -0.622. The Bertz CT molecular complexity index is 1100. The summed E-state index contributed by atoms with van der Waals surface area (Å²) < 4.78 is 11.5. The van der Waals surface area contributed by atoms with Gasteiger partial charge in [-0.25, -0.2) is 0 Å². The summed E-state index contributed by atoms with van der Waals surface area (Å²) in [6.07, 6.45) is 4.12. The first-order valence-corrected chi connectivity index (χ1v) is 11.9. The van der Waals surface area contributed by atoms with Gasteiger partial charge in [0, 0.05) is 22.6 Å². The van der Waals surface area contributed by atoms with E-state index in [1.54, 1.807) is 23.9 Å². The normalized spacial score (nSPS) is 14.5. The highest BCUT2D eigenvalue weighted by Crippen LogP contribution is 2.42. The van der Waals surface area contributed by atoms with Gasteiger partial charge in [-0.1, -0.05) is 67.7 Å². The molecule has 1 aliphatic rings. The van der Waals surface area contributed by atoms with Crippen LogP contribution in [0.4, 0.5) is 5.69 Å².